The summed E-state index contributed by atoms with van der Waals surface area (Å²) in [5, 5.41) is 32.8. The lowest BCUT2D eigenvalue weighted by atomic mass is 9.70. The van der Waals surface area contributed by atoms with E-state index >= 15 is 0 Å². The quantitative estimate of drug-likeness (QED) is 0.214. The first-order valence-electron chi connectivity index (χ1n) is 15.1. The number of amides is 2. The highest BCUT2D eigenvalue weighted by Crippen LogP contribution is 2.66. The minimum absolute atomic E-state index is 0.0898. The number of carbonyl (C=O) groups is 3. The van der Waals surface area contributed by atoms with Crippen LogP contribution in [0.3, 0.4) is 0 Å². The van der Waals surface area contributed by atoms with Crippen molar-refractivity contribution in [1.82, 2.24) is 10.2 Å². The second-order valence-electron chi connectivity index (χ2n) is 13.3. The molecule has 9 heteroatoms. The Balaban J connectivity index is 1.28. The molecule has 0 spiro atoms. The van der Waals surface area contributed by atoms with Crippen LogP contribution in [0.2, 0.25) is 0 Å². The third-order valence-corrected chi connectivity index (χ3v) is 10.9. The van der Waals surface area contributed by atoms with Crippen LogP contribution in [0.1, 0.15) is 77.7 Å². The number of aliphatic hydroxyl groups is 1. The Hall–Kier alpha value is -3.07. The molecule has 2 bridgehead atoms. The molecule has 9 nitrogen and oxygen atoms in total. The predicted octanol–water partition coefficient (Wildman–Crippen LogP) is 3.59. The van der Waals surface area contributed by atoms with Crippen LogP contribution < -0.4 is 5.32 Å². The normalized spacial score (nSPS) is 30.2. The number of phenols is 2. The van der Waals surface area contributed by atoms with Crippen LogP contribution in [0.4, 0.5) is 0 Å². The number of nitrogens with zero attached hydrogens (tertiary/aromatic N) is 1. The van der Waals surface area contributed by atoms with E-state index in [-0.39, 0.29) is 53.2 Å². The second-order valence-corrected chi connectivity index (χ2v) is 13.3. The Kier molecular flexibility index (Phi) is 8.12. The summed E-state index contributed by atoms with van der Waals surface area (Å²) in [4.78, 5) is 42.1. The summed E-state index contributed by atoms with van der Waals surface area (Å²) < 4.78 is 6.13. The maximum absolute atomic E-state index is 14.0. The Morgan fingerprint density at radius 3 is 2.44 bits per heavy atom. The second kappa shape index (κ2) is 11.3. The summed E-state index contributed by atoms with van der Waals surface area (Å²) in [5.41, 5.74) is 0.468. The molecule has 0 saturated heterocycles. The van der Waals surface area contributed by atoms with Crippen LogP contribution in [-0.2, 0) is 25.5 Å². The van der Waals surface area contributed by atoms with E-state index in [1.165, 1.54) is 23.1 Å². The zero-order valence-electron chi connectivity index (χ0n) is 24.3. The van der Waals surface area contributed by atoms with Crippen LogP contribution in [-0.4, -0.2) is 68.8 Å². The van der Waals surface area contributed by atoms with Gasteiger partial charge in [0.15, 0.2) is 11.5 Å². The van der Waals surface area contributed by atoms with E-state index in [9.17, 15) is 29.7 Å². The summed E-state index contributed by atoms with van der Waals surface area (Å²) in [5.74, 6) is -1.68. The highest BCUT2D eigenvalue weighted by atomic mass is 16.5. The van der Waals surface area contributed by atoms with Gasteiger partial charge >= 0.3 is 5.97 Å². The number of benzene rings is 1. The average Bonchev–Trinajstić information content (AvgIpc) is 3.57. The topological polar surface area (TPSA) is 136 Å². The molecule has 0 radical (unpaired) electrons. The van der Waals surface area contributed by atoms with Gasteiger partial charge in [-0.05, 0) is 67.1 Å². The number of carbonyl (C=O) groups excluding carboxylic acids is 3. The predicted molar refractivity (Wildman–Crippen MR) is 152 cm³/mol. The number of esters is 1. The molecule has 2 amide bonds. The monoisotopic (exact) mass is 568 g/mol. The zero-order chi connectivity index (χ0) is 29.5. The van der Waals surface area contributed by atoms with Crippen LogP contribution >= 0.6 is 0 Å². The highest BCUT2D eigenvalue weighted by molar-refractivity contribution is 5.93. The van der Waals surface area contributed by atoms with Crippen molar-refractivity contribution in [3.63, 3.8) is 0 Å². The first-order chi connectivity index (χ1) is 19.4. The molecule has 3 fully saturated rings. The number of ether oxygens (including phenoxy) is 1. The molecule has 1 aliphatic heterocycles. The van der Waals surface area contributed by atoms with Gasteiger partial charge in [-0.1, -0.05) is 58.3 Å². The van der Waals surface area contributed by atoms with Crippen LogP contribution in [0.5, 0.6) is 11.5 Å². The summed E-state index contributed by atoms with van der Waals surface area (Å²) in [6.45, 7) is 6.99. The van der Waals surface area contributed by atoms with Gasteiger partial charge in [0.05, 0.1) is 0 Å². The first kappa shape index (κ1) is 29.4. The van der Waals surface area contributed by atoms with Gasteiger partial charge in [-0.3, -0.25) is 9.59 Å². The Morgan fingerprint density at radius 2 is 1.80 bits per heavy atom. The van der Waals surface area contributed by atoms with Gasteiger partial charge in [0.2, 0.25) is 11.8 Å². The molecule has 1 heterocycles. The van der Waals surface area contributed by atoms with E-state index in [0.29, 0.717) is 11.5 Å². The number of hydrogen-bond acceptors (Lipinski definition) is 7. The smallest absolute Gasteiger partial charge is 0.333 e. The van der Waals surface area contributed by atoms with Crippen molar-refractivity contribution in [1.29, 1.82) is 0 Å². The van der Waals surface area contributed by atoms with E-state index in [2.05, 4.69) is 26.1 Å². The number of fused-ring (bicyclic) bond motifs is 2. The summed E-state index contributed by atoms with van der Waals surface area (Å²) >= 11 is 0. The molecular formula is C32H44N2O7. The molecule has 41 heavy (non-hydrogen) atoms. The number of aliphatic hydroxyl groups excluding tert-OH is 1. The molecule has 1 aromatic carbocycles. The fraction of sp³-hybridized carbons (Fsp3) is 0.656. The standard InChI is InChI=1S/C32H44N2O7/c1-31(2)21-13-14-32(31,3)26(18-21)41-30(40)22-10-7-15-34(22)29(39)27(20-8-5-4-6-9-20)33-28(38)25(37)17-19-11-12-23(35)24(36)16-19/h7,10-12,16,20-22,25-27,35-37H,4-6,8-9,13-15,17-18H2,1-3H3,(H,33,38)/t21?,22-,25+,26?,27-,32?/m0/s1. The number of phenolic OH excluding ortho intramolecular Hbond substituents is 2. The van der Waals surface area contributed by atoms with Crippen molar-refractivity contribution >= 4 is 17.8 Å². The van der Waals surface area contributed by atoms with Crippen LogP contribution in [0.25, 0.3) is 0 Å². The van der Waals surface area contributed by atoms with E-state index < -0.39 is 30.1 Å². The molecular weight excluding hydrogens is 524 g/mol. The highest BCUT2D eigenvalue weighted by Gasteiger charge is 2.63. The van der Waals surface area contributed by atoms with Gasteiger partial charge in [0, 0.05) is 18.4 Å². The van der Waals surface area contributed by atoms with Gasteiger partial charge in [0.25, 0.3) is 0 Å². The van der Waals surface area contributed by atoms with Crippen molar-refractivity contribution < 1.29 is 34.4 Å². The van der Waals surface area contributed by atoms with Crippen molar-refractivity contribution in [2.45, 2.75) is 103 Å². The Labute approximate surface area is 241 Å². The lowest BCUT2D eigenvalue weighted by Gasteiger charge is -2.39. The van der Waals surface area contributed by atoms with E-state index in [1.807, 2.05) is 0 Å². The molecule has 3 saturated carbocycles. The first-order valence-corrected chi connectivity index (χ1v) is 15.1. The SMILES string of the molecule is CC1(C)C2CCC1(C)C(OC(=O)[C@@H]1C=CCN1C(=O)[C@@H](NC(=O)[C@H](O)Cc1ccc(O)c(O)c1)C1CCCCC1)C2. The summed E-state index contributed by atoms with van der Waals surface area (Å²) in [6, 6.07) is 2.38. The molecule has 0 aromatic heterocycles. The molecule has 5 rings (SSSR count). The van der Waals surface area contributed by atoms with Gasteiger partial charge in [-0.15, -0.1) is 0 Å². The molecule has 4 N–H and O–H groups in total. The van der Waals surface area contributed by atoms with Crippen molar-refractivity contribution in [2.24, 2.45) is 22.7 Å². The maximum atomic E-state index is 14.0. The third-order valence-electron chi connectivity index (χ3n) is 10.9. The van der Waals surface area contributed by atoms with Gasteiger partial charge < -0.3 is 30.3 Å². The third kappa shape index (κ3) is 5.45. The lowest BCUT2D eigenvalue weighted by molar-refractivity contribution is -0.164. The Morgan fingerprint density at radius 1 is 1.07 bits per heavy atom. The fourth-order valence-corrected chi connectivity index (χ4v) is 7.76. The zero-order valence-corrected chi connectivity index (χ0v) is 24.3. The number of aromatic hydroxyl groups is 2. The summed E-state index contributed by atoms with van der Waals surface area (Å²) in [7, 11) is 0. The van der Waals surface area contributed by atoms with Gasteiger partial charge in [-0.25, -0.2) is 4.79 Å². The maximum Gasteiger partial charge on any atom is 0.333 e. The van der Waals surface area contributed by atoms with Gasteiger partial charge in [-0.2, -0.15) is 0 Å². The van der Waals surface area contributed by atoms with Crippen molar-refractivity contribution in [3.8, 4) is 11.5 Å². The molecule has 1 aromatic rings. The van der Waals surface area contributed by atoms with E-state index in [0.717, 1.165) is 51.4 Å². The number of rotatable bonds is 8. The number of hydrogen-bond donors (Lipinski definition) is 4. The molecule has 3 aliphatic carbocycles. The lowest BCUT2D eigenvalue weighted by Crippen LogP contribution is -2.57. The van der Waals surface area contributed by atoms with Gasteiger partial charge in [0.1, 0.15) is 24.3 Å². The minimum atomic E-state index is -1.46. The van der Waals surface area contributed by atoms with Crippen molar-refractivity contribution in [3.05, 3.63) is 35.9 Å². The molecule has 4 aliphatic rings. The molecule has 6 atom stereocenters. The molecule has 224 valence electrons. The Bertz CT molecular complexity index is 1210. The average molecular weight is 569 g/mol. The van der Waals surface area contributed by atoms with Crippen molar-refractivity contribution in [2.75, 3.05) is 6.54 Å². The van der Waals surface area contributed by atoms with Crippen LogP contribution in [0.15, 0.2) is 30.4 Å². The van der Waals surface area contributed by atoms with Crippen LogP contribution in [0, 0.1) is 22.7 Å². The summed E-state index contributed by atoms with van der Waals surface area (Å²) in [6.07, 6.45) is 9.28. The fourth-order valence-electron chi connectivity index (χ4n) is 7.76. The van der Waals surface area contributed by atoms with E-state index in [4.69, 9.17) is 4.74 Å². The van der Waals surface area contributed by atoms with E-state index in [1.54, 1.807) is 12.2 Å². The minimum Gasteiger partial charge on any atom is -0.504 e. The number of nitrogens with one attached hydrogen (secondary N) is 1. The molecule has 3 unspecified atom stereocenters. The largest absolute Gasteiger partial charge is 0.504 e.